The fourth-order valence-corrected chi connectivity index (χ4v) is 6.02. The number of nitrogens with one attached hydrogen (secondary N) is 2. The summed E-state index contributed by atoms with van der Waals surface area (Å²) in [6, 6.07) is 13.8. The van der Waals surface area contributed by atoms with Crippen LogP contribution < -0.4 is 14.8 Å². The van der Waals surface area contributed by atoms with Crippen LogP contribution in [0.15, 0.2) is 60.8 Å². The molecular formula is C27H25N3O5. The number of fused-ring (bicyclic) bond motifs is 3. The lowest BCUT2D eigenvalue weighted by molar-refractivity contribution is -0.137. The third-order valence-corrected chi connectivity index (χ3v) is 7.71. The smallest absolute Gasteiger partial charge is 0.231 e. The number of H-pyrrole nitrogens is 1. The molecule has 1 spiro atoms. The van der Waals surface area contributed by atoms with Crippen LogP contribution in [0.2, 0.25) is 0 Å². The molecule has 4 aliphatic heterocycles. The van der Waals surface area contributed by atoms with Gasteiger partial charge in [0, 0.05) is 30.2 Å². The first-order valence-electron chi connectivity index (χ1n) is 12.0. The van der Waals surface area contributed by atoms with Crippen LogP contribution >= 0.6 is 0 Å². The predicted molar refractivity (Wildman–Crippen MR) is 127 cm³/mol. The van der Waals surface area contributed by atoms with E-state index in [1.807, 2.05) is 59.6 Å². The topological polar surface area (TPSA) is 92.9 Å². The summed E-state index contributed by atoms with van der Waals surface area (Å²) in [5, 5.41) is 4.19. The molecule has 1 aromatic heterocycles. The van der Waals surface area contributed by atoms with Crippen molar-refractivity contribution in [2.45, 2.75) is 24.7 Å². The van der Waals surface area contributed by atoms with E-state index < -0.39 is 17.4 Å². The van der Waals surface area contributed by atoms with Gasteiger partial charge in [-0.25, -0.2) is 0 Å². The van der Waals surface area contributed by atoms with Gasteiger partial charge in [-0.15, -0.1) is 0 Å². The Morgan fingerprint density at radius 3 is 3.00 bits per heavy atom. The molecule has 8 nitrogen and oxygen atoms in total. The van der Waals surface area contributed by atoms with E-state index in [0.29, 0.717) is 31.1 Å². The summed E-state index contributed by atoms with van der Waals surface area (Å²) in [5.74, 6) is 0.212. The van der Waals surface area contributed by atoms with Gasteiger partial charge in [0.25, 0.3) is 0 Å². The molecule has 4 atom stereocenters. The highest BCUT2D eigenvalue weighted by Crippen LogP contribution is 2.52. The maximum Gasteiger partial charge on any atom is 0.231 e. The van der Waals surface area contributed by atoms with Crippen molar-refractivity contribution in [1.29, 1.82) is 0 Å². The van der Waals surface area contributed by atoms with Gasteiger partial charge in [-0.2, -0.15) is 0 Å². The van der Waals surface area contributed by atoms with Crippen molar-refractivity contribution in [2.24, 2.45) is 11.8 Å². The minimum Gasteiger partial charge on any atom is -0.454 e. The van der Waals surface area contributed by atoms with Gasteiger partial charge < -0.3 is 29.4 Å². The Bertz CT molecular complexity index is 1380. The Balaban J connectivity index is 1.05. The number of hydrogen-bond acceptors (Lipinski definition) is 5. The maximum atomic E-state index is 13.5. The minimum atomic E-state index is -0.706. The number of para-hydroxylation sites is 1. The molecule has 2 saturated heterocycles. The molecule has 35 heavy (non-hydrogen) atoms. The van der Waals surface area contributed by atoms with Gasteiger partial charge >= 0.3 is 0 Å². The van der Waals surface area contributed by atoms with Crippen molar-refractivity contribution in [3.8, 4) is 11.5 Å². The summed E-state index contributed by atoms with van der Waals surface area (Å²) in [6.07, 6.45) is 6.33. The molecule has 2 bridgehead atoms. The molecule has 3 unspecified atom stereocenters. The number of ether oxygens (including phenoxy) is 3. The monoisotopic (exact) mass is 471 g/mol. The summed E-state index contributed by atoms with van der Waals surface area (Å²) >= 11 is 0. The molecule has 4 aliphatic rings. The Labute approximate surface area is 201 Å². The van der Waals surface area contributed by atoms with Crippen molar-refractivity contribution in [2.75, 3.05) is 19.9 Å². The molecule has 5 heterocycles. The first-order chi connectivity index (χ1) is 17.1. The molecule has 0 aliphatic carbocycles. The lowest BCUT2D eigenvalue weighted by Gasteiger charge is -2.23. The van der Waals surface area contributed by atoms with Gasteiger partial charge in [0.05, 0.1) is 24.5 Å². The van der Waals surface area contributed by atoms with Crippen molar-refractivity contribution in [3.63, 3.8) is 0 Å². The average Bonchev–Trinajstić information content (AvgIpc) is 3.68. The van der Waals surface area contributed by atoms with Crippen molar-refractivity contribution in [1.82, 2.24) is 15.2 Å². The number of amides is 2. The first kappa shape index (κ1) is 20.6. The van der Waals surface area contributed by atoms with E-state index in [2.05, 4.69) is 16.4 Å². The number of likely N-dealkylation sites (tertiary alicyclic amines) is 1. The van der Waals surface area contributed by atoms with Crippen LogP contribution in [0.4, 0.5) is 0 Å². The second-order valence-electron chi connectivity index (χ2n) is 9.67. The molecule has 3 aromatic rings. The number of carbonyl (C=O) groups excluding carboxylic acids is 2. The lowest BCUT2D eigenvalue weighted by Crippen LogP contribution is -2.44. The lowest BCUT2D eigenvalue weighted by atomic mass is 9.77. The van der Waals surface area contributed by atoms with E-state index in [0.717, 1.165) is 17.5 Å². The van der Waals surface area contributed by atoms with Gasteiger partial charge in [-0.1, -0.05) is 36.4 Å². The highest BCUT2D eigenvalue weighted by molar-refractivity contribution is 5.93. The molecule has 2 aromatic carbocycles. The molecule has 178 valence electrons. The summed E-state index contributed by atoms with van der Waals surface area (Å²) in [6.45, 7) is 1.63. The largest absolute Gasteiger partial charge is 0.454 e. The zero-order chi connectivity index (χ0) is 23.6. The quantitative estimate of drug-likeness (QED) is 0.539. The second kappa shape index (κ2) is 7.61. The Morgan fingerprint density at radius 2 is 2.06 bits per heavy atom. The normalized spacial score (nSPS) is 27.7. The van der Waals surface area contributed by atoms with E-state index >= 15 is 0 Å². The summed E-state index contributed by atoms with van der Waals surface area (Å²) < 4.78 is 17.0. The SMILES string of the molecule is O=C(NCc1ccc2c(c1)OCO2)C1C2C=C[C@]3(CN(CCc4c[nH]c5ccccc45)C(=O)C13)O2. The van der Waals surface area contributed by atoms with Crippen molar-refractivity contribution >= 4 is 22.7 Å². The molecular weight excluding hydrogens is 446 g/mol. The number of carbonyl (C=O) groups is 2. The molecule has 2 amide bonds. The van der Waals surface area contributed by atoms with Crippen LogP contribution in [-0.4, -0.2) is 53.3 Å². The van der Waals surface area contributed by atoms with E-state index in [1.165, 1.54) is 10.9 Å². The molecule has 0 radical (unpaired) electrons. The molecule has 2 N–H and O–H groups in total. The fraction of sp³-hybridized carbons (Fsp3) is 0.333. The van der Waals surface area contributed by atoms with Crippen LogP contribution in [0.5, 0.6) is 11.5 Å². The third kappa shape index (κ3) is 3.16. The van der Waals surface area contributed by atoms with E-state index in [9.17, 15) is 9.59 Å². The Hall–Kier alpha value is -3.78. The molecule has 8 heteroatoms. The summed E-state index contributed by atoms with van der Waals surface area (Å²) in [7, 11) is 0. The van der Waals surface area contributed by atoms with E-state index in [4.69, 9.17) is 14.2 Å². The van der Waals surface area contributed by atoms with Crippen molar-refractivity contribution in [3.05, 3.63) is 71.9 Å². The number of aromatic nitrogens is 1. The van der Waals surface area contributed by atoms with E-state index in [1.54, 1.807) is 0 Å². The van der Waals surface area contributed by atoms with Crippen LogP contribution in [0.3, 0.4) is 0 Å². The number of aromatic amines is 1. The minimum absolute atomic E-state index is 0.0000733. The van der Waals surface area contributed by atoms with Crippen LogP contribution in [0.25, 0.3) is 10.9 Å². The van der Waals surface area contributed by atoms with Gasteiger partial charge in [-0.05, 0) is 35.7 Å². The number of rotatable bonds is 6. The highest BCUT2D eigenvalue weighted by atomic mass is 16.7. The number of nitrogens with zero attached hydrogens (tertiary/aromatic N) is 1. The first-order valence-corrected chi connectivity index (χ1v) is 12.0. The van der Waals surface area contributed by atoms with E-state index in [-0.39, 0.29) is 24.7 Å². The van der Waals surface area contributed by atoms with Gasteiger partial charge in [-0.3, -0.25) is 9.59 Å². The third-order valence-electron chi connectivity index (χ3n) is 7.71. The number of benzene rings is 2. The average molecular weight is 472 g/mol. The second-order valence-corrected chi connectivity index (χ2v) is 9.67. The maximum absolute atomic E-state index is 13.5. The summed E-state index contributed by atoms with van der Waals surface area (Å²) in [5.41, 5.74) is 2.48. The molecule has 2 fully saturated rings. The predicted octanol–water partition coefficient (Wildman–Crippen LogP) is 2.54. The van der Waals surface area contributed by atoms with Gasteiger partial charge in [0.1, 0.15) is 5.60 Å². The standard InChI is InChI=1S/C27H25N3O5/c31-25(29-12-16-5-6-20-22(11-16)34-15-33-20)23-21-7-9-27(35-21)14-30(26(32)24(23)27)10-8-17-13-28-19-4-2-1-3-18(17)19/h1-7,9,11,13,21,23-24,28H,8,10,12,14-15H2,(H,29,31)/t21?,23?,24?,27-/m1/s1. The zero-order valence-corrected chi connectivity index (χ0v) is 19.0. The van der Waals surface area contributed by atoms with Crippen LogP contribution in [0.1, 0.15) is 11.1 Å². The fourth-order valence-electron chi connectivity index (χ4n) is 6.02. The highest BCUT2D eigenvalue weighted by Gasteiger charge is 2.66. The Kier molecular flexibility index (Phi) is 4.48. The zero-order valence-electron chi connectivity index (χ0n) is 19.0. The van der Waals surface area contributed by atoms with Gasteiger partial charge in [0.2, 0.25) is 18.6 Å². The van der Waals surface area contributed by atoms with Crippen LogP contribution in [0, 0.1) is 11.8 Å². The van der Waals surface area contributed by atoms with Crippen molar-refractivity contribution < 1.29 is 23.8 Å². The molecule has 7 rings (SSSR count). The molecule has 0 saturated carbocycles. The summed E-state index contributed by atoms with van der Waals surface area (Å²) in [4.78, 5) is 31.9. The van der Waals surface area contributed by atoms with Gasteiger partial charge in [0.15, 0.2) is 11.5 Å². The van der Waals surface area contributed by atoms with Crippen LogP contribution in [-0.2, 0) is 27.3 Å². The Morgan fingerprint density at radius 1 is 1.17 bits per heavy atom. The number of hydrogen-bond donors (Lipinski definition) is 2.